The molecular formula is C14H24N2O3S. The molecule has 1 N–H and O–H groups in total. The molecule has 1 fully saturated rings. The van der Waals surface area contributed by atoms with Crippen LogP contribution in [-0.4, -0.2) is 31.1 Å². The van der Waals surface area contributed by atoms with Gasteiger partial charge in [-0.1, -0.05) is 11.6 Å². The van der Waals surface area contributed by atoms with Crippen molar-refractivity contribution in [2.24, 2.45) is 0 Å². The van der Waals surface area contributed by atoms with Crippen LogP contribution in [0.4, 0.5) is 0 Å². The fourth-order valence-corrected chi connectivity index (χ4v) is 4.41. The minimum atomic E-state index is -2.94. The zero-order valence-electron chi connectivity index (χ0n) is 12.6. The van der Waals surface area contributed by atoms with Gasteiger partial charge in [-0.25, -0.2) is 8.42 Å². The SMILES string of the molecule is Cc1noc(C)c1C(C)NC1CCCC(S(C)(=O)=O)C1. The highest BCUT2D eigenvalue weighted by molar-refractivity contribution is 7.91. The summed E-state index contributed by atoms with van der Waals surface area (Å²) in [6.45, 7) is 5.93. The lowest BCUT2D eigenvalue weighted by atomic mass is 9.93. The summed E-state index contributed by atoms with van der Waals surface area (Å²) in [5.41, 5.74) is 1.99. The van der Waals surface area contributed by atoms with E-state index in [9.17, 15) is 8.42 Å². The molecule has 114 valence electrons. The Balaban J connectivity index is 2.03. The molecule has 0 saturated heterocycles. The van der Waals surface area contributed by atoms with Crippen LogP contribution in [0.25, 0.3) is 0 Å². The maximum atomic E-state index is 11.7. The van der Waals surface area contributed by atoms with Gasteiger partial charge < -0.3 is 9.84 Å². The fourth-order valence-electron chi connectivity index (χ4n) is 3.23. The molecule has 1 aromatic heterocycles. The number of hydrogen-bond acceptors (Lipinski definition) is 5. The summed E-state index contributed by atoms with van der Waals surface area (Å²) in [6, 6.07) is 0.372. The lowest BCUT2D eigenvalue weighted by Crippen LogP contribution is -2.40. The standard InChI is InChI=1S/C14H24N2O3S/c1-9(14-10(2)16-19-11(14)3)15-12-6-5-7-13(8-12)20(4,17)18/h9,12-13,15H,5-8H2,1-4H3. The fraction of sp³-hybridized carbons (Fsp3) is 0.786. The molecule has 6 heteroatoms. The summed E-state index contributed by atoms with van der Waals surface area (Å²) in [4.78, 5) is 0. The molecule has 5 nitrogen and oxygen atoms in total. The van der Waals surface area contributed by atoms with Crippen LogP contribution < -0.4 is 5.32 Å². The Bertz CT molecular complexity index is 545. The quantitative estimate of drug-likeness (QED) is 0.923. The van der Waals surface area contributed by atoms with Gasteiger partial charge in [0.1, 0.15) is 15.6 Å². The number of rotatable bonds is 4. The van der Waals surface area contributed by atoms with Gasteiger partial charge in [0.25, 0.3) is 0 Å². The van der Waals surface area contributed by atoms with Crippen LogP contribution in [0.5, 0.6) is 0 Å². The molecule has 3 unspecified atom stereocenters. The molecule has 0 radical (unpaired) electrons. The lowest BCUT2D eigenvalue weighted by Gasteiger charge is -2.31. The van der Waals surface area contributed by atoms with Gasteiger partial charge in [0.15, 0.2) is 0 Å². The maximum Gasteiger partial charge on any atom is 0.150 e. The molecule has 1 heterocycles. The van der Waals surface area contributed by atoms with Gasteiger partial charge in [0.2, 0.25) is 0 Å². The molecule has 2 rings (SSSR count). The molecule has 0 aliphatic heterocycles. The molecule has 1 aliphatic rings. The lowest BCUT2D eigenvalue weighted by molar-refractivity contribution is 0.343. The van der Waals surface area contributed by atoms with Crippen molar-refractivity contribution in [3.8, 4) is 0 Å². The largest absolute Gasteiger partial charge is 0.361 e. The van der Waals surface area contributed by atoms with Crippen molar-refractivity contribution in [3.05, 3.63) is 17.0 Å². The van der Waals surface area contributed by atoms with Crippen molar-refractivity contribution in [2.45, 2.75) is 63.8 Å². The topological polar surface area (TPSA) is 72.2 Å². The molecular weight excluding hydrogens is 276 g/mol. The van der Waals surface area contributed by atoms with Crippen molar-refractivity contribution in [1.82, 2.24) is 10.5 Å². The Morgan fingerprint density at radius 1 is 1.35 bits per heavy atom. The van der Waals surface area contributed by atoms with E-state index in [2.05, 4.69) is 17.4 Å². The van der Waals surface area contributed by atoms with Crippen LogP contribution >= 0.6 is 0 Å². The van der Waals surface area contributed by atoms with Gasteiger partial charge in [-0.15, -0.1) is 0 Å². The maximum absolute atomic E-state index is 11.7. The van der Waals surface area contributed by atoms with Gasteiger partial charge in [-0.3, -0.25) is 0 Å². The van der Waals surface area contributed by atoms with E-state index in [0.717, 1.165) is 36.3 Å². The van der Waals surface area contributed by atoms with E-state index in [-0.39, 0.29) is 17.3 Å². The summed E-state index contributed by atoms with van der Waals surface area (Å²) in [5.74, 6) is 0.831. The van der Waals surface area contributed by atoms with E-state index in [1.54, 1.807) is 0 Å². The molecule has 1 aliphatic carbocycles. The van der Waals surface area contributed by atoms with Gasteiger partial charge >= 0.3 is 0 Å². The van der Waals surface area contributed by atoms with E-state index in [4.69, 9.17) is 4.52 Å². The monoisotopic (exact) mass is 300 g/mol. The van der Waals surface area contributed by atoms with Gasteiger partial charge in [-0.2, -0.15) is 0 Å². The highest BCUT2D eigenvalue weighted by Crippen LogP contribution is 2.27. The summed E-state index contributed by atoms with van der Waals surface area (Å²) >= 11 is 0. The number of nitrogens with zero attached hydrogens (tertiary/aromatic N) is 1. The minimum absolute atomic E-state index is 0.129. The van der Waals surface area contributed by atoms with Gasteiger partial charge in [0, 0.05) is 23.9 Å². The molecule has 1 aromatic rings. The second-order valence-electron chi connectivity index (χ2n) is 5.94. The second kappa shape index (κ2) is 5.85. The number of aryl methyl sites for hydroxylation is 2. The summed E-state index contributed by atoms with van der Waals surface area (Å²) < 4.78 is 28.6. The highest BCUT2D eigenvalue weighted by Gasteiger charge is 2.30. The van der Waals surface area contributed by atoms with E-state index in [1.165, 1.54) is 6.26 Å². The Hall–Kier alpha value is -0.880. The van der Waals surface area contributed by atoms with Crippen LogP contribution in [-0.2, 0) is 9.84 Å². The molecule has 0 aromatic carbocycles. The predicted octanol–water partition coefficient (Wildman–Crippen LogP) is 2.30. The summed E-state index contributed by atoms with van der Waals surface area (Å²) in [5, 5.41) is 7.31. The minimum Gasteiger partial charge on any atom is -0.361 e. The second-order valence-corrected chi connectivity index (χ2v) is 8.27. The highest BCUT2D eigenvalue weighted by atomic mass is 32.2. The molecule has 3 atom stereocenters. The molecule has 1 saturated carbocycles. The Morgan fingerprint density at radius 2 is 2.05 bits per heavy atom. The summed E-state index contributed by atoms with van der Waals surface area (Å²) in [7, 11) is -2.94. The average Bonchev–Trinajstić information content (AvgIpc) is 2.68. The van der Waals surface area contributed by atoms with Crippen molar-refractivity contribution in [1.29, 1.82) is 0 Å². The Kier molecular flexibility index (Phi) is 4.54. The van der Waals surface area contributed by atoms with Crippen molar-refractivity contribution < 1.29 is 12.9 Å². The summed E-state index contributed by atoms with van der Waals surface area (Å²) in [6.07, 6.45) is 4.82. The van der Waals surface area contributed by atoms with E-state index in [1.807, 2.05) is 13.8 Å². The zero-order chi connectivity index (χ0) is 14.9. The Labute approximate surface area is 121 Å². The molecule has 0 bridgehead atoms. The van der Waals surface area contributed by atoms with E-state index < -0.39 is 9.84 Å². The van der Waals surface area contributed by atoms with Crippen LogP contribution in [0.15, 0.2) is 4.52 Å². The third-order valence-corrected chi connectivity index (χ3v) is 5.88. The van der Waals surface area contributed by atoms with Crippen LogP contribution in [0, 0.1) is 13.8 Å². The normalized spacial score (nSPS) is 25.6. The van der Waals surface area contributed by atoms with Crippen molar-refractivity contribution in [3.63, 3.8) is 0 Å². The molecule has 0 spiro atoms. The average molecular weight is 300 g/mol. The number of aromatic nitrogens is 1. The first-order chi connectivity index (χ1) is 9.29. The third-order valence-electron chi connectivity index (χ3n) is 4.24. The van der Waals surface area contributed by atoms with Gasteiger partial charge in [0.05, 0.1) is 10.9 Å². The third kappa shape index (κ3) is 3.41. The van der Waals surface area contributed by atoms with E-state index >= 15 is 0 Å². The first-order valence-electron chi connectivity index (χ1n) is 7.16. The smallest absolute Gasteiger partial charge is 0.150 e. The van der Waals surface area contributed by atoms with E-state index in [0.29, 0.717) is 6.42 Å². The van der Waals surface area contributed by atoms with Gasteiger partial charge in [-0.05, 0) is 40.0 Å². The van der Waals surface area contributed by atoms with Crippen LogP contribution in [0.1, 0.15) is 55.7 Å². The van der Waals surface area contributed by atoms with Crippen molar-refractivity contribution >= 4 is 9.84 Å². The van der Waals surface area contributed by atoms with Crippen molar-refractivity contribution in [2.75, 3.05) is 6.26 Å². The Morgan fingerprint density at radius 3 is 2.60 bits per heavy atom. The molecule has 0 amide bonds. The predicted molar refractivity (Wildman–Crippen MR) is 78.4 cm³/mol. The first-order valence-corrected chi connectivity index (χ1v) is 9.12. The van der Waals surface area contributed by atoms with Crippen LogP contribution in [0.3, 0.4) is 0 Å². The zero-order valence-corrected chi connectivity index (χ0v) is 13.5. The number of hydrogen-bond donors (Lipinski definition) is 1. The molecule has 20 heavy (non-hydrogen) atoms. The first kappa shape index (κ1) is 15.5. The number of sulfone groups is 1. The number of nitrogens with one attached hydrogen (secondary N) is 1. The van der Waals surface area contributed by atoms with Crippen LogP contribution in [0.2, 0.25) is 0 Å².